The van der Waals surface area contributed by atoms with E-state index in [1.807, 2.05) is 35.4 Å². The second kappa shape index (κ2) is 19.3. The fourth-order valence-electron chi connectivity index (χ4n) is 10.1. The Hall–Kier alpha value is -7.20. The number of pyridine rings is 1. The van der Waals surface area contributed by atoms with Crippen LogP contribution in [0.2, 0.25) is 0 Å². The van der Waals surface area contributed by atoms with Crippen LogP contribution in [0.5, 0.6) is 0 Å². The predicted molar refractivity (Wildman–Crippen MR) is 308 cm³/mol. The number of fused-ring (bicyclic) bond motifs is 6. The van der Waals surface area contributed by atoms with Gasteiger partial charge in [0, 0.05) is 63.8 Å². The Morgan fingerprint density at radius 1 is 0.486 bits per heavy atom. The van der Waals surface area contributed by atoms with Gasteiger partial charge in [-0.15, -0.1) is 53.8 Å². The van der Waals surface area contributed by atoms with Crippen LogP contribution in [-0.4, -0.2) is 4.98 Å². The summed E-state index contributed by atoms with van der Waals surface area (Å²) in [5, 5.41) is 0. The van der Waals surface area contributed by atoms with Crippen LogP contribution in [0, 0.1) is 32.5 Å². The maximum atomic E-state index is 8.71. The molecule has 0 radical (unpaired) electrons. The Labute approximate surface area is 462 Å². The van der Waals surface area contributed by atoms with Gasteiger partial charge in [0.05, 0.1) is 5.69 Å². The van der Waals surface area contributed by atoms with Crippen molar-refractivity contribution in [3.05, 3.63) is 229 Å². The monoisotopic (exact) mass is 1150 g/mol. The minimum absolute atomic E-state index is 0. The van der Waals surface area contributed by atoms with Crippen LogP contribution in [0.4, 0.5) is 57.0 Å². The zero-order chi connectivity index (χ0) is 56.0. The molecule has 0 amide bonds. The van der Waals surface area contributed by atoms with Gasteiger partial charge < -0.3 is 19.6 Å². The number of nitrogens with zero attached hydrogens (tertiary/aromatic N) is 5. The van der Waals surface area contributed by atoms with Gasteiger partial charge in [-0.05, 0) is 130 Å². The Bertz CT molecular complexity index is 3740. The SMILES string of the molecule is [2H]C([2H])([2H])c1cc(N(c2[c-]c3c(cc2)-c2ccccc2-c2cc(-c4ccccc4)ccc2N3c2cc(C(C)(C)C)ccn2)c2[c-]c(N3[CH-]N(c4ccc(C(C)(C)C)cc4)c4ccccc43)cc(C(C)(C)C)c2)cc(C([2H])([2H])[2H])c1.[Pt]. The summed E-state index contributed by atoms with van der Waals surface area (Å²) in [6, 6.07) is 67.1. The normalized spacial score (nSPS) is 14.6. The fourth-order valence-corrected chi connectivity index (χ4v) is 10.1. The number of benzene rings is 8. The molecule has 8 aromatic carbocycles. The molecule has 5 nitrogen and oxygen atoms in total. The van der Waals surface area contributed by atoms with E-state index < -0.39 is 19.1 Å². The molecule has 1 aromatic heterocycles. The third kappa shape index (κ3) is 9.48. The van der Waals surface area contributed by atoms with Crippen molar-refractivity contribution in [2.75, 3.05) is 19.6 Å². The van der Waals surface area contributed by atoms with Crippen molar-refractivity contribution in [3.63, 3.8) is 0 Å². The second-order valence-corrected chi connectivity index (χ2v) is 22.4. The molecule has 0 unspecified atom stereocenters. The largest absolute Gasteiger partial charge is 0.493 e. The quantitative estimate of drug-likeness (QED) is 0.148. The molecule has 374 valence electrons. The van der Waals surface area contributed by atoms with Crippen LogP contribution >= 0.6 is 0 Å². The van der Waals surface area contributed by atoms with Gasteiger partial charge >= 0.3 is 0 Å². The Morgan fingerprint density at radius 2 is 1.12 bits per heavy atom. The maximum absolute atomic E-state index is 8.71. The summed E-state index contributed by atoms with van der Waals surface area (Å²) in [6.45, 7) is 16.5. The van der Waals surface area contributed by atoms with Crippen molar-refractivity contribution in [1.29, 1.82) is 0 Å². The Morgan fingerprint density at radius 3 is 1.78 bits per heavy atom. The van der Waals surface area contributed by atoms with E-state index in [1.165, 1.54) is 11.6 Å². The number of rotatable bonds is 7. The van der Waals surface area contributed by atoms with Crippen molar-refractivity contribution < 1.29 is 29.3 Å². The standard InChI is InChI=1S/C68H64N5.Pt/c1-45-35-46(2)37-55(36-45)72(56-40-51(68(9,10)11)39-54(42-56)71-44-70(62-23-17-18-24-63(62)71)52-28-26-49(27-29-52)66(3,4)5)53-30-31-59-57-21-15-16-22-58(57)60-38-48(47-19-13-12-14-20-47)25-32-61(60)73(64(59)43-53)65-41-50(33-34-69-65)67(6,7)8;/h12-41,44H,1-11H3;/q-3;/i1D3,2D3;. The fraction of sp³-hybridized carbons (Fsp3) is 0.206. The summed E-state index contributed by atoms with van der Waals surface area (Å²) in [6.07, 6.45) is 1.86. The first-order valence-electron chi connectivity index (χ1n) is 28.1. The molecule has 0 saturated carbocycles. The molecule has 6 heteroatoms. The van der Waals surface area contributed by atoms with Crippen LogP contribution in [0.15, 0.2) is 182 Å². The van der Waals surface area contributed by atoms with E-state index in [9.17, 15) is 0 Å². The van der Waals surface area contributed by atoms with Gasteiger partial charge in [0.2, 0.25) is 0 Å². The third-order valence-electron chi connectivity index (χ3n) is 14.1. The molecule has 74 heavy (non-hydrogen) atoms. The van der Waals surface area contributed by atoms with E-state index in [1.54, 1.807) is 12.1 Å². The Kier molecular flexibility index (Phi) is 11.2. The Balaban J connectivity index is 0.00000720. The average Bonchev–Trinajstić information content (AvgIpc) is 3.88. The minimum atomic E-state index is -2.64. The van der Waals surface area contributed by atoms with Crippen molar-refractivity contribution in [3.8, 4) is 33.4 Å². The van der Waals surface area contributed by atoms with Gasteiger partial charge in [0.1, 0.15) is 5.82 Å². The van der Waals surface area contributed by atoms with Gasteiger partial charge in [0.25, 0.3) is 0 Å². The molecule has 2 aliphatic rings. The molecule has 0 saturated heterocycles. The smallest absolute Gasteiger partial charge is 0.135 e. The number of hydrogen-bond acceptors (Lipinski definition) is 5. The van der Waals surface area contributed by atoms with Crippen LogP contribution in [0.25, 0.3) is 33.4 Å². The molecule has 11 rings (SSSR count). The molecule has 3 heterocycles. The van der Waals surface area contributed by atoms with Gasteiger partial charge in [-0.3, -0.25) is 0 Å². The van der Waals surface area contributed by atoms with E-state index >= 15 is 0 Å². The van der Waals surface area contributed by atoms with Crippen molar-refractivity contribution in [2.24, 2.45) is 0 Å². The molecule has 2 aliphatic heterocycles. The first-order valence-corrected chi connectivity index (χ1v) is 25.1. The number of aromatic nitrogens is 1. The van der Waals surface area contributed by atoms with E-state index in [4.69, 9.17) is 13.2 Å². The van der Waals surface area contributed by atoms with Crippen molar-refractivity contribution in [1.82, 2.24) is 4.98 Å². The number of para-hydroxylation sites is 2. The van der Waals surface area contributed by atoms with Crippen molar-refractivity contribution >= 4 is 57.0 Å². The first-order chi connectivity index (χ1) is 37.3. The zero-order valence-corrected chi connectivity index (χ0v) is 45.7. The molecular weight excluding hydrogens is 1080 g/mol. The first kappa shape index (κ1) is 43.2. The molecule has 0 bridgehead atoms. The average molecular weight is 1150 g/mol. The summed E-state index contributed by atoms with van der Waals surface area (Å²) in [5.74, 6) is 0.689. The van der Waals surface area contributed by atoms with E-state index in [0.717, 1.165) is 72.9 Å². The van der Waals surface area contributed by atoms with Gasteiger partial charge in [-0.1, -0.05) is 176 Å². The molecule has 0 spiro atoms. The second-order valence-electron chi connectivity index (χ2n) is 22.4. The van der Waals surface area contributed by atoms with Gasteiger partial charge in [-0.25, -0.2) is 4.98 Å². The van der Waals surface area contributed by atoms with Crippen LogP contribution < -0.4 is 19.6 Å². The maximum Gasteiger partial charge on any atom is 0.135 e. The van der Waals surface area contributed by atoms with E-state index in [2.05, 4.69) is 229 Å². The van der Waals surface area contributed by atoms with Gasteiger partial charge in [0.15, 0.2) is 0 Å². The number of anilines is 10. The number of hydrogen-bond donors (Lipinski definition) is 0. The molecule has 0 aliphatic carbocycles. The van der Waals surface area contributed by atoms with Gasteiger partial charge in [-0.2, -0.15) is 6.07 Å². The molecule has 0 atom stereocenters. The van der Waals surface area contributed by atoms with E-state index in [-0.39, 0.29) is 43.0 Å². The van der Waals surface area contributed by atoms with Crippen LogP contribution in [0.1, 0.15) is 98.4 Å². The summed E-state index contributed by atoms with van der Waals surface area (Å²) in [5.41, 5.74) is 15.2. The minimum Gasteiger partial charge on any atom is -0.493 e. The van der Waals surface area contributed by atoms with Crippen molar-refractivity contribution in [2.45, 2.75) is 92.3 Å². The number of aryl methyl sites for hydroxylation is 2. The summed E-state index contributed by atoms with van der Waals surface area (Å²) >= 11 is 0. The predicted octanol–water partition coefficient (Wildman–Crippen LogP) is 18.9. The topological polar surface area (TPSA) is 25.9 Å². The summed E-state index contributed by atoms with van der Waals surface area (Å²) in [7, 11) is 0. The molecule has 0 N–H and O–H groups in total. The summed E-state index contributed by atoms with van der Waals surface area (Å²) < 4.78 is 52.3. The molecular formula is C68H64N5Pt-3. The molecule has 0 fully saturated rings. The summed E-state index contributed by atoms with van der Waals surface area (Å²) in [4.78, 5) is 13.6. The molecule has 9 aromatic rings. The van der Waals surface area contributed by atoms with E-state index in [0.29, 0.717) is 28.6 Å². The van der Waals surface area contributed by atoms with Crippen LogP contribution in [0.3, 0.4) is 0 Å². The van der Waals surface area contributed by atoms with Crippen LogP contribution in [-0.2, 0) is 37.3 Å². The zero-order valence-electron chi connectivity index (χ0n) is 49.5. The third-order valence-corrected chi connectivity index (χ3v) is 14.1.